The van der Waals surface area contributed by atoms with Crippen molar-refractivity contribution in [3.05, 3.63) is 111 Å². The van der Waals surface area contributed by atoms with Crippen LogP contribution in [0.3, 0.4) is 0 Å². The molecule has 0 spiro atoms. The van der Waals surface area contributed by atoms with Gasteiger partial charge in [-0.25, -0.2) is 18.0 Å². The second-order valence-corrected chi connectivity index (χ2v) is 10.7. The first-order valence-corrected chi connectivity index (χ1v) is 14.2. The van der Waals surface area contributed by atoms with Crippen molar-refractivity contribution in [2.75, 3.05) is 18.1 Å². The first-order valence-electron chi connectivity index (χ1n) is 13.3. The number of esters is 2. The fraction of sp³-hybridized carbons (Fsp3) is 0.258. The zero-order valence-electron chi connectivity index (χ0n) is 22.7. The highest BCUT2D eigenvalue weighted by Gasteiger charge is 2.52. The van der Waals surface area contributed by atoms with Gasteiger partial charge in [0.2, 0.25) is 0 Å². The fourth-order valence-corrected chi connectivity index (χ4v) is 6.53. The fourth-order valence-electron chi connectivity index (χ4n) is 5.67. The largest absolute Gasteiger partial charge is 0.465 e. The number of halogens is 3. The van der Waals surface area contributed by atoms with E-state index >= 15 is 8.78 Å². The Balaban J connectivity index is 1.85. The van der Waals surface area contributed by atoms with Crippen LogP contribution in [0.2, 0.25) is 0 Å². The lowest BCUT2D eigenvalue weighted by molar-refractivity contribution is -0.152. The van der Waals surface area contributed by atoms with Crippen molar-refractivity contribution >= 4 is 34.7 Å². The molecule has 218 valence electrons. The summed E-state index contributed by atoms with van der Waals surface area (Å²) in [5, 5.41) is 1.79. The number of allylic oxidation sites excluding steroid dienone is 2. The smallest absolute Gasteiger partial charge is 0.338 e. The third-order valence-electron chi connectivity index (χ3n) is 7.35. The number of nitrogens with zero attached hydrogens (tertiary/aromatic N) is 1. The van der Waals surface area contributed by atoms with E-state index in [0.717, 1.165) is 12.1 Å². The van der Waals surface area contributed by atoms with E-state index in [1.807, 2.05) is 0 Å². The predicted octanol–water partition coefficient (Wildman–Crippen LogP) is 5.69. The third-order valence-corrected chi connectivity index (χ3v) is 8.35. The summed E-state index contributed by atoms with van der Waals surface area (Å²) in [6, 6.07) is 11.9. The molecule has 11 heteroatoms. The van der Waals surface area contributed by atoms with Gasteiger partial charge < -0.3 is 15.2 Å². The number of nitrogens with two attached hydrogens (primary N) is 1. The maximum atomic E-state index is 15.5. The average Bonchev–Trinajstić information content (AvgIpc) is 3.49. The SMILES string of the molecule is CCOC(=O)C1=C(N)N(c2ccc(F)cc2F)C2=C(C(=O)[C@H](C(=O)OCC)[C@@H](c3cccs3)C2)[C@@H]1c1ccccc1F. The summed E-state index contributed by atoms with van der Waals surface area (Å²) in [6.07, 6.45) is -0.0242. The van der Waals surface area contributed by atoms with Gasteiger partial charge in [0.1, 0.15) is 29.2 Å². The lowest BCUT2D eigenvalue weighted by Gasteiger charge is -2.43. The number of anilines is 1. The van der Waals surface area contributed by atoms with Crippen LogP contribution in [-0.2, 0) is 23.9 Å². The van der Waals surface area contributed by atoms with Crippen LogP contribution in [0, 0.1) is 23.4 Å². The Kier molecular flexibility index (Phi) is 8.22. The number of carbonyl (C=O) groups excluding carboxylic acids is 3. The number of benzene rings is 2. The molecule has 7 nitrogen and oxygen atoms in total. The summed E-state index contributed by atoms with van der Waals surface area (Å²) in [7, 11) is 0. The molecular weight excluding hydrogens is 569 g/mol. The van der Waals surface area contributed by atoms with Crippen LogP contribution in [0.5, 0.6) is 0 Å². The monoisotopic (exact) mass is 596 g/mol. The van der Waals surface area contributed by atoms with E-state index in [0.29, 0.717) is 10.9 Å². The van der Waals surface area contributed by atoms with E-state index in [-0.39, 0.29) is 53.5 Å². The molecule has 2 aromatic carbocycles. The molecule has 0 bridgehead atoms. The third kappa shape index (κ3) is 4.98. The van der Waals surface area contributed by atoms with Crippen LogP contribution in [0.25, 0.3) is 0 Å². The number of carbonyl (C=O) groups is 3. The Morgan fingerprint density at radius 2 is 1.74 bits per heavy atom. The molecule has 0 fully saturated rings. The van der Waals surface area contributed by atoms with Crippen molar-refractivity contribution in [2.24, 2.45) is 11.7 Å². The Morgan fingerprint density at radius 1 is 1.00 bits per heavy atom. The standard InChI is InChI=1S/C31H27F3N2O5S/c1-3-40-30(38)25-18(23-10-7-13-42-23)15-22-26(28(25)37)24(17-8-5-6-9-19(17)33)27(31(39)41-4-2)29(35)36(22)21-12-11-16(32)14-20(21)34/h5-14,18,24-25H,3-4,15,35H2,1-2H3/t18-,24+,25-/m1/s1. The zero-order valence-corrected chi connectivity index (χ0v) is 23.6. The summed E-state index contributed by atoms with van der Waals surface area (Å²) in [6.45, 7) is 3.11. The second-order valence-electron chi connectivity index (χ2n) is 9.69. The minimum atomic E-state index is -1.38. The van der Waals surface area contributed by atoms with Crippen molar-refractivity contribution in [3.63, 3.8) is 0 Å². The topological polar surface area (TPSA) is 98.9 Å². The molecule has 0 radical (unpaired) electrons. The Bertz CT molecular complexity index is 1620. The van der Waals surface area contributed by atoms with E-state index < -0.39 is 52.9 Å². The van der Waals surface area contributed by atoms with Gasteiger partial charge in [0.25, 0.3) is 0 Å². The van der Waals surface area contributed by atoms with Gasteiger partial charge in [0.05, 0.1) is 30.4 Å². The van der Waals surface area contributed by atoms with Crippen molar-refractivity contribution in [3.8, 4) is 0 Å². The number of ether oxygens (including phenoxy) is 2. The van der Waals surface area contributed by atoms with Gasteiger partial charge in [0.15, 0.2) is 5.78 Å². The minimum absolute atomic E-state index is 0.0102. The second kappa shape index (κ2) is 11.8. The zero-order chi connectivity index (χ0) is 30.1. The van der Waals surface area contributed by atoms with E-state index in [4.69, 9.17) is 15.2 Å². The summed E-state index contributed by atoms with van der Waals surface area (Å²) in [5.41, 5.74) is 6.06. The molecule has 0 unspecified atom stereocenters. The minimum Gasteiger partial charge on any atom is -0.465 e. The van der Waals surface area contributed by atoms with E-state index in [1.165, 1.54) is 40.5 Å². The van der Waals surface area contributed by atoms with E-state index in [1.54, 1.807) is 31.4 Å². The molecular formula is C31H27F3N2O5S. The maximum Gasteiger partial charge on any atom is 0.338 e. The quantitative estimate of drug-likeness (QED) is 0.276. The van der Waals surface area contributed by atoms with Gasteiger partial charge in [-0.1, -0.05) is 24.3 Å². The Labute approximate surface area is 244 Å². The molecule has 42 heavy (non-hydrogen) atoms. The molecule has 3 aromatic rings. The summed E-state index contributed by atoms with van der Waals surface area (Å²) in [4.78, 5) is 43.2. The van der Waals surface area contributed by atoms with Crippen molar-refractivity contribution < 1.29 is 37.0 Å². The molecule has 3 atom stereocenters. The van der Waals surface area contributed by atoms with Gasteiger partial charge in [-0.05, 0) is 49.9 Å². The van der Waals surface area contributed by atoms with Gasteiger partial charge in [-0.15, -0.1) is 11.3 Å². The highest BCUT2D eigenvalue weighted by Crippen LogP contribution is 2.52. The van der Waals surface area contributed by atoms with Crippen LogP contribution in [0.15, 0.2) is 82.6 Å². The maximum absolute atomic E-state index is 15.5. The van der Waals surface area contributed by atoms with Crippen molar-refractivity contribution in [1.29, 1.82) is 0 Å². The number of thiophene rings is 1. The lowest BCUT2D eigenvalue weighted by atomic mass is 9.68. The highest BCUT2D eigenvalue weighted by atomic mass is 32.1. The van der Waals surface area contributed by atoms with Gasteiger partial charge in [-0.3, -0.25) is 14.5 Å². The van der Waals surface area contributed by atoms with Crippen LogP contribution in [-0.4, -0.2) is 30.9 Å². The average molecular weight is 597 g/mol. The lowest BCUT2D eigenvalue weighted by Crippen LogP contribution is -2.46. The van der Waals surface area contributed by atoms with Gasteiger partial charge >= 0.3 is 11.9 Å². The number of ketones is 1. The molecule has 2 heterocycles. The molecule has 2 aliphatic rings. The first kappa shape index (κ1) is 29.1. The summed E-state index contributed by atoms with van der Waals surface area (Å²) < 4.78 is 55.4. The summed E-state index contributed by atoms with van der Waals surface area (Å²) in [5.74, 6) is -8.80. The van der Waals surface area contributed by atoms with Crippen molar-refractivity contribution in [2.45, 2.75) is 32.1 Å². The number of rotatable bonds is 7. The Morgan fingerprint density at radius 3 is 2.38 bits per heavy atom. The van der Waals surface area contributed by atoms with Crippen molar-refractivity contribution in [1.82, 2.24) is 0 Å². The normalized spacial score (nSPS) is 20.5. The molecule has 0 amide bonds. The number of hydrogen-bond donors (Lipinski definition) is 1. The van der Waals surface area contributed by atoms with E-state index in [9.17, 15) is 18.8 Å². The van der Waals surface area contributed by atoms with Crippen LogP contribution >= 0.6 is 11.3 Å². The molecule has 1 aliphatic heterocycles. The predicted molar refractivity (Wildman–Crippen MR) is 150 cm³/mol. The van der Waals surface area contributed by atoms with Gasteiger partial charge in [0, 0.05) is 33.7 Å². The molecule has 0 saturated heterocycles. The molecule has 0 saturated carbocycles. The van der Waals surface area contributed by atoms with Crippen LogP contribution in [0.4, 0.5) is 18.9 Å². The van der Waals surface area contributed by atoms with Gasteiger partial charge in [-0.2, -0.15) is 0 Å². The summed E-state index contributed by atoms with van der Waals surface area (Å²) >= 11 is 1.32. The molecule has 5 rings (SSSR count). The van der Waals surface area contributed by atoms with Crippen LogP contribution < -0.4 is 10.6 Å². The highest BCUT2D eigenvalue weighted by molar-refractivity contribution is 7.10. The molecule has 1 aliphatic carbocycles. The van der Waals surface area contributed by atoms with Crippen LogP contribution in [0.1, 0.15) is 42.5 Å². The first-order chi connectivity index (χ1) is 20.2. The Hall–Kier alpha value is -4.38. The van der Waals surface area contributed by atoms with E-state index in [2.05, 4.69) is 0 Å². The number of hydrogen-bond acceptors (Lipinski definition) is 8. The number of Topliss-reactive ketones (excluding diaryl/α,β-unsaturated/α-hetero) is 1. The molecule has 1 aromatic heterocycles. The molecule has 2 N–H and O–H groups in total.